The standard InChI is InChI=1S/C23H36N6O7/c1-13(30)19(23(35)36)29-22(34)17(11-14-7-3-2-4-8-14)28-21(33)16(9-5-6-10-24)27-20(32)15(25)12-18(26)31/h2-4,7-8,13,15-17,19,30H,5-6,9-12,24-25H2,1H3,(H2,26,31)(H,27,32)(H,28,33)(H,29,34)(H,35,36). The van der Waals surface area contributed by atoms with Gasteiger partial charge in [-0.2, -0.15) is 0 Å². The van der Waals surface area contributed by atoms with Crippen LogP contribution in [0.15, 0.2) is 30.3 Å². The smallest absolute Gasteiger partial charge is 0.328 e. The molecule has 36 heavy (non-hydrogen) atoms. The van der Waals surface area contributed by atoms with Gasteiger partial charge in [-0.1, -0.05) is 30.3 Å². The number of nitrogens with two attached hydrogens (primary N) is 3. The number of carboxylic acids is 1. The molecule has 5 atom stereocenters. The van der Waals surface area contributed by atoms with E-state index < -0.39 is 66.3 Å². The molecule has 1 rings (SSSR count). The summed E-state index contributed by atoms with van der Waals surface area (Å²) >= 11 is 0. The molecule has 0 spiro atoms. The van der Waals surface area contributed by atoms with Crippen molar-refractivity contribution in [3.63, 3.8) is 0 Å². The zero-order chi connectivity index (χ0) is 27.3. The second-order valence-corrected chi connectivity index (χ2v) is 8.44. The number of unbranched alkanes of at least 4 members (excludes halogenated alkanes) is 1. The van der Waals surface area contributed by atoms with Crippen LogP contribution >= 0.6 is 0 Å². The van der Waals surface area contributed by atoms with Gasteiger partial charge in [-0.05, 0) is 38.3 Å². The molecule has 5 unspecified atom stereocenters. The molecule has 0 radical (unpaired) electrons. The minimum Gasteiger partial charge on any atom is -0.480 e. The van der Waals surface area contributed by atoms with Gasteiger partial charge in [0.25, 0.3) is 0 Å². The fraction of sp³-hybridized carbons (Fsp3) is 0.522. The van der Waals surface area contributed by atoms with E-state index in [0.717, 1.165) is 0 Å². The van der Waals surface area contributed by atoms with Gasteiger partial charge in [-0.15, -0.1) is 0 Å². The van der Waals surface area contributed by atoms with Crippen LogP contribution in [0.2, 0.25) is 0 Å². The first-order valence-electron chi connectivity index (χ1n) is 11.6. The Labute approximate surface area is 209 Å². The number of aliphatic carboxylic acids is 1. The first-order valence-corrected chi connectivity index (χ1v) is 11.6. The summed E-state index contributed by atoms with van der Waals surface area (Å²) in [5.41, 5.74) is 16.9. The van der Waals surface area contributed by atoms with E-state index in [1.54, 1.807) is 30.3 Å². The summed E-state index contributed by atoms with van der Waals surface area (Å²) in [5, 5.41) is 26.3. The number of carbonyl (C=O) groups is 5. The van der Waals surface area contributed by atoms with Crippen LogP contribution in [0.25, 0.3) is 0 Å². The molecule has 1 aromatic rings. The zero-order valence-electron chi connectivity index (χ0n) is 20.2. The minimum absolute atomic E-state index is 0.00914. The molecule has 200 valence electrons. The Balaban J connectivity index is 3.11. The number of hydrogen-bond acceptors (Lipinski definition) is 8. The van der Waals surface area contributed by atoms with Gasteiger partial charge >= 0.3 is 5.97 Å². The Morgan fingerprint density at radius 3 is 2.03 bits per heavy atom. The topological polar surface area (TPSA) is 240 Å². The fourth-order valence-corrected chi connectivity index (χ4v) is 3.32. The molecule has 11 N–H and O–H groups in total. The summed E-state index contributed by atoms with van der Waals surface area (Å²) in [5.74, 6) is -4.55. The number of amides is 4. The number of hydrogen-bond donors (Lipinski definition) is 8. The van der Waals surface area contributed by atoms with Gasteiger partial charge in [-0.3, -0.25) is 19.2 Å². The maximum Gasteiger partial charge on any atom is 0.328 e. The Morgan fingerprint density at radius 2 is 1.50 bits per heavy atom. The van der Waals surface area contributed by atoms with Crippen LogP contribution in [-0.2, 0) is 30.4 Å². The number of rotatable bonds is 16. The molecule has 0 saturated carbocycles. The van der Waals surface area contributed by atoms with Gasteiger partial charge in [0, 0.05) is 6.42 Å². The van der Waals surface area contributed by atoms with E-state index in [0.29, 0.717) is 24.9 Å². The molecule has 0 fully saturated rings. The van der Waals surface area contributed by atoms with Crippen LogP contribution in [0, 0.1) is 0 Å². The number of aliphatic hydroxyl groups excluding tert-OH is 1. The lowest BCUT2D eigenvalue weighted by Gasteiger charge is -2.26. The van der Waals surface area contributed by atoms with Crippen molar-refractivity contribution in [3.8, 4) is 0 Å². The zero-order valence-corrected chi connectivity index (χ0v) is 20.2. The summed E-state index contributed by atoms with van der Waals surface area (Å²) < 4.78 is 0. The van der Waals surface area contributed by atoms with Crippen molar-refractivity contribution in [1.29, 1.82) is 0 Å². The van der Waals surface area contributed by atoms with E-state index in [-0.39, 0.29) is 12.8 Å². The lowest BCUT2D eigenvalue weighted by Crippen LogP contribution is -2.58. The SMILES string of the molecule is CC(O)C(NC(=O)C(Cc1ccccc1)NC(=O)C(CCCCN)NC(=O)C(N)CC(N)=O)C(=O)O. The van der Waals surface area contributed by atoms with Gasteiger partial charge < -0.3 is 43.4 Å². The van der Waals surface area contributed by atoms with Gasteiger partial charge in [0.1, 0.15) is 12.1 Å². The van der Waals surface area contributed by atoms with Crippen molar-refractivity contribution >= 4 is 29.6 Å². The quantitative estimate of drug-likeness (QED) is 0.110. The average Bonchev–Trinajstić information content (AvgIpc) is 2.81. The highest BCUT2D eigenvalue weighted by molar-refractivity contribution is 5.95. The third-order valence-electron chi connectivity index (χ3n) is 5.30. The van der Waals surface area contributed by atoms with E-state index in [1.165, 1.54) is 6.92 Å². The average molecular weight is 509 g/mol. The minimum atomic E-state index is -1.60. The van der Waals surface area contributed by atoms with Crippen LogP contribution in [0.4, 0.5) is 0 Å². The van der Waals surface area contributed by atoms with Crippen molar-refractivity contribution in [3.05, 3.63) is 35.9 Å². The molecule has 0 bridgehead atoms. The number of benzene rings is 1. The lowest BCUT2D eigenvalue weighted by molar-refractivity contribution is -0.145. The Bertz CT molecular complexity index is 896. The second kappa shape index (κ2) is 15.4. The van der Waals surface area contributed by atoms with Crippen LogP contribution in [-0.4, -0.2) is 76.6 Å². The molecule has 4 amide bonds. The molecule has 0 aliphatic heterocycles. The molecule has 0 aliphatic rings. The maximum atomic E-state index is 13.1. The Kier molecular flexibility index (Phi) is 13.1. The van der Waals surface area contributed by atoms with Crippen molar-refractivity contribution < 1.29 is 34.2 Å². The number of nitrogens with one attached hydrogen (secondary N) is 3. The highest BCUT2D eigenvalue weighted by atomic mass is 16.4. The van der Waals surface area contributed by atoms with E-state index in [2.05, 4.69) is 16.0 Å². The van der Waals surface area contributed by atoms with Gasteiger partial charge in [0.05, 0.1) is 18.6 Å². The van der Waals surface area contributed by atoms with Gasteiger partial charge in [0.2, 0.25) is 23.6 Å². The maximum absolute atomic E-state index is 13.1. The van der Waals surface area contributed by atoms with Crippen molar-refractivity contribution in [1.82, 2.24) is 16.0 Å². The second-order valence-electron chi connectivity index (χ2n) is 8.44. The lowest BCUT2D eigenvalue weighted by atomic mass is 10.0. The third kappa shape index (κ3) is 10.8. The first-order chi connectivity index (χ1) is 17.0. The fourth-order valence-electron chi connectivity index (χ4n) is 3.32. The molecular formula is C23H36N6O7. The monoisotopic (exact) mass is 508 g/mol. The van der Waals surface area contributed by atoms with Gasteiger partial charge in [-0.25, -0.2) is 4.79 Å². The van der Waals surface area contributed by atoms with E-state index >= 15 is 0 Å². The van der Waals surface area contributed by atoms with Crippen LogP contribution in [0.3, 0.4) is 0 Å². The van der Waals surface area contributed by atoms with E-state index in [1.807, 2.05) is 0 Å². The van der Waals surface area contributed by atoms with Gasteiger partial charge in [0.15, 0.2) is 6.04 Å². The van der Waals surface area contributed by atoms with Crippen LogP contribution < -0.4 is 33.2 Å². The largest absolute Gasteiger partial charge is 0.480 e. The number of carboxylic acid groups (broad SMARTS) is 1. The number of primary amides is 1. The third-order valence-corrected chi connectivity index (χ3v) is 5.30. The van der Waals surface area contributed by atoms with Crippen LogP contribution in [0.1, 0.15) is 38.2 Å². The van der Waals surface area contributed by atoms with Crippen molar-refractivity contribution in [2.24, 2.45) is 17.2 Å². The summed E-state index contributed by atoms with van der Waals surface area (Å²) in [4.78, 5) is 61.0. The van der Waals surface area contributed by atoms with Crippen molar-refractivity contribution in [2.75, 3.05) is 6.54 Å². The molecule has 0 saturated heterocycles. The summed E-state index contributed by atoms with van der Waals surface area (Å²) in [7, 11) is 0. The molecule has 0 aromatic heterocycles. The molecule has 1 aromatic carbocycles. The highest BCUT2D eigenvalue weighted by Crippen LogP contribution is 2.08. The summed E-state index contributed by atoms with van der Waals surface area (Å²) in [6, 6.07) is 3.48. The number of carbonyl (C=O) groups excluding carboxylic acids is 4. The van der Waals surface area contributed by atoms with Crippen molar-refractivity contribution in [2.45, 2.75) is 69.3 Å². The summed E-state index contributed by atoms with van der Waals surface area (Å²) in [6.45, 7) is 1.57. The van der Waals surface area contributed by atoms with E-state index in [9.17, 15) is 34.2 Å². The molecule has 13 nitrogen and oxygen atoms in total. The molecular weight excluding hydrogens is 472 g/mol. The summed E-state index contributed by atoms with van der Waals surface area (Å²) in [6.07, 6.45) is -0.598. The molecule has 0 heterocycles. The highest BCUT2D eigenvalue weighted by Gasteiger charge is 2.32. The predicted molar refractivity (Wildman–Crippen MR) is 130 cm³/mol. The van der Waals surface area contributed by atoms with E-state index in [4.69, 9.17) is 17.2 Å². The molecule has 0 aliphatic carbocycles. The Morgan fingerprint density at radius 1 is 0.917 bits per heavy atom. The van der Waals surface area contributed by atoms with Crippen LogP contribution in [0.5, 0.6) is 0 Å². The molecule has 13 heteroatoms. The predicted octanol–water partition coefficient (Wildman–Crippen LogP) is -2.52. The first kappa shape index (κ1) is 30.5. The number of aliphatic hydroxyl groups is 1. The Hall–Kier alpha value is -3.55. The normalized spacial score (nSPS) is 15.0.